The van der Waals surface area contributed by atoms with Gasteiger partial charge in [-0.05, 0) is 30.3 Å². The number of nitrogens with one attached hydrogen (secondary N) is 1. The summed E-state index contributed by atoms with van der Waals surface area (Å²) in [6, 6.07) is 15.2. The van der Waals surface area contributed by atoms with Gasteiger partial charge in [0.2, 0.25) is 10.0 Å². The van der Waals surface area contributed by atoms with Crippen molar-refractivity contribution in [2.75, 3.05) is 24.3 Å². The van der Waals surface area contributed by atoms with Gasteiger partial charge in [-0.15, -0.1) is 0 Å². The highest BCUT2D eigenvalue weighted by Gasteiger charge is 2.16. The fourth-order valence-electron chi connectivity index (χ4n) is 2.56. The summed E-state index contributed by atoms with van der Waals surface area (Å²) in [6.45, 7) is 0. The number of aromatic nitrogens is 1. The van der Waals surface area contributed by atoms with Crippen molar-refractivity contribution < 1.29 is 13.2 Å². The second-order valence-electron chi connectivity index (χ2n) is 5.96. The number of carbonyl (C=O) groups is 1. The minimum Gasteiger partial charge on any atom is -0.376 e. The molecule has 0 saturated carbocycles. The van der Waals surface area contributed by atoms with Crippen molar-refractivity contribution in [3.8, 4) is 0 Å². The molecule has 0 fully saturated rings. The second-order valence-corrected chi connectivity index (χ2v) is 7.52. The number of rotatable bonds is 4. The van der Waals surface area contributed by atoms with Crippen molar-refractivity contribution in [1.82, 2.24) is 4.98 Å². The van der Waals surface area contributed by atoms with Gasteiger partial charge in [0.25, 0.3) is 5.91 Å². The lowest BCUT2D eigenvalue weighted by Gasteiger charge is -2.18. The van der Waals surface area contributed by atoms with E-state index in [0.29, 0.717) is 16.9 Å². The maximum absolute atomic E-state index is 12.6. The van der Waals surface area contributed by atoms with Crippen LogP contribution in [0.3, 0.4) is 0 Å². The summed E-state index contributed by atoms with van der Waals surface area (Å²) in [7, 11) is -0.307. The largest absolute Gasteiger partial charge is 0.376 e. The van der Waals surface area contributed by atoms with Gasteiger partial charge in [-0.2, -0.15) is 0 Å². The number of hydrogen-bond donors (Lipinski definition) is 2. The summed E-state index contributed by atoms with van der Waals surface area (Å²) in [5.41, 5.74) is 1.91. The van der Waals surface area contributed by atoms with E-state index in [4.69, 9.17) is 5.14 Å². The minimum absolute atomic E-state index is 0.0788. The van der Waals surface area contributed by atoms with E-state index in [0.717, 1.165) is 5.39 Å². The molecule has 3 rings (SSSR count). The van der Waals surface area contributed by atoms with Crippen molar-refractivity contribution in [3.63, 3.8) is 0 Å². The average Bonchev–Trinajstić information content (AvgIpc) is 2.60. The lowest BCUT2D eigenvalue weighted by Crippen LogP contribution is -2.19. The molecular weight excluding hydrogens is 352 g/mol. The molecule has 8 heteroatoms. The Labute approximate surface area is 151 Å². The zero-order valence-electron chi connectivity index (χ0n) is 14.3. The van der Waals surface area contributed by atoms with Gasteiger partial charge in [-0.1, -0.05) is 24.3 Å². The van der Waals surface area contributed by atoms with E-state index in [1.54, 1.807) is 31.1 Å². The fraction of sp³-hybridized carbons (Fsp3) is 0.111. The molecule has 0 unspecified atom stereocenters. The van der Waals surface area contributed by atoms with E-state index in [-0.39, 0.29) is 10.6 Å². The highest BCUT2D eigenvalue weighted by Crippen LogP contribution is 2.27. The molecule has 2 aromatic carbocycles. The molecule has 0 aliphatic rings. The Morgan fingerprint density at radius 1 is 1.08 bits per heavy atom. The van der Waals surface area contributed by atoms with Crippen molar-refractivity contribution in [2.45, 2.75) is 4.90 Å². The molecule has 1 heterocycles. The lowest BCUT2D eigenvalue weighted by atomic mass is 10.2. The first kappa shape index (κ1) is 17.8. The average molecular weight is 370 g/mol. The maximum atomic E-state index is 12.6. The molecule has 1 aromatic heterocycles. The predicted molar refractivity (Wildman–Crippen MR) is 102 cm³/mol. The number of pyridine rings is 1. The van der Waals surface area contributed by atoms with E-state index in [1.165, 1.54) is 12.1 Å². The van der Waals surface area contributed by atoms with E-state index in [1.807, 2.05) is 30.3 Å². The zero-order chi connectivity index (χ0) is 18.9. The van der Waals surface area contributed by atoms with Crippen LogP contribution in [0.4, 0.5) is 11.4 Å². The third kappa shape index (κ3) is 3.66. The Morgan fingerprint density at radius 3 is 2.50 bits per heavy atom. The molecule has 26 heavy (non-hydrogen) atoms. The topological polar surface area (TPSA) is 105 Å². The predicted octanol–water partition coefficient (Wildman–Crippen LogP) is 2.20. The third-order valence-electron chi connectivity index (χ3n) is 3.86. The van der Waals surface area contributed by atoms with Crippen LogP contribution in [0.1, 0.15) is 10.5 Å². The van der Waals surface area contributed by atoms with Gasteiger partial charge < -0.3 is 10.2 Å². The molecule has 1 amide bonds. The maximum Gasteiger partial charge on any atom is 0.274 e. The number of hydrogen-bond acceptors (Lipinski definition) is 5. The summed E-state index contributed by atoms with van der Waals surface area (Å²) >= 11 is 0. The molecule has 0 atom stereocenters. The van der Waals surface area contributed by atoms with E-state index in [2.05, 4.69) is 10.3 Å². The lowest BCUT2D eigenvalue weighted by molar-refractivity contribution is 0.102. The summed E-state index contributed by atoms with van der Waals surface area (Å²) in [4.78, 5) is 18.7. The molecule has 0 radical (unpaired) electrons. The van der Waals surface area contributed by atoms with E-state index >= 15 is 0 Å². The van der Waals surface area contributed by atoms with Crippen LogP contribution in [-0.2, 0) is 10.0 Å². The van der Waals surface area contributed by atoms with Gasteiger partial charge in [0, 0.05) is 19.5 Å². The van der Waals surface area contributed by atoms with Crippen molar-refractivity contribution in [2.24, 2.45) is 5.14 Å². The molecule has 0 aliphatic carbocycles. The molecule has 0 bridgehead atoms. The van der Waals surface area contributed by atoms with Gasteiger partial charge in [-0.25, -0.2) is 18.5 Å². The van der Waals surface area contributed by atoms with E-state index < -0.39 is 15.9 Å². The number of sulfonamides is 1. The fourth-order valence-corrected chi connectivity index (χ4v) is 3.10. The van der Waals surface area contributed by atoms with Gasteiger partial charge >= 0.3 is 0 Å². The number of primary sulfonamides is 1. The van der Waals surface area contributed by atoms with Crippen molar-refractivity contribution in [3.05, 3.63) is 60.3 Å². The molecule has 3 N–H and O–H groups in total. The van der Waals surface area contributed by atoms with Gasteiger partial charge in [-0.3, -0.25) is 4.79 Å². The molecule has 0 spiro atoms. The van der Waals surface area contributed by atoms with Crippen LogP contribution in [0.25, 0.3) is 10.9 Å². The zero-order valence-corrected chi connectivity index (χ0v) is 15.1. The normalized spacial score (nSPS) is 11.3. The van der Waals surface area contributed by atoms with Gasteiger partial charge in [0.05, 0.1) is 21.8 Å². The Bertz CT molecular complexity index is 1090. The van der Waals surface area contributed by atoms with Crippen LogP contribution in [0, 0.1) is 0 Å². The molecule has 134 valence electrons. The minimum atomic E-state index is -3.88. The number of nitrogens with zero attached hydrogens (tertiary/aromatic N) is 2. The number of anilines is 2. The summed E-state index contributed by atoms with van der Waals surface area (Å²) in [5, 5.41) is 8.84. The van der Waals surface area contributed by atoms with E-state index in [9.17, 15) is 13.2 Å². The van der Waals surface area contributed by atoms with Crippen molar-refractivity contribution in [1.29, 1.82) is 0 Å². The standard InChI is InChI=1S/C18H18N4O3S/c1-22(2)17-10-8-13(26(19,24)25)11-16(17)21-18(23)15-9-7-12-5-3-4-6-14(12)20-15/h3-11H,1-2H3,(H,21,23)(H2,19,24,25). The molecule has 0 aliphatic heterocycles. The highest BCUT2D eigenvalue weighted by molar-refractivity contribution is 7.89. The van der Waals surface area contributed by atoms with Crippen LogP contribution >= 0.6 is 0 Å². The molecule has 7 nitrogen and oxygen atoms in total. The number of para-hydroxylation sites is 1. The number of benzene rings is 2. The van der Waals surface area contributed by atoms with Crippen LogP contribution in [0.5, 0.6) is 0 Å². The summed E-state index contributed by atoms with van der Waals surface area (Å²) in [6.07, 6.45) is 0. The van der Waals surface area contributed by atoms with Crippen molar-refractivity contribution >= 4 is 38.2 Å². The second kappa shape index (κ2) is 6.74. The van der Waals surface area contributed by atoms with Gasteiger partial charge in [0.1, 0.15) is 5.69 Å². The number of carbonyl (C=O) groups excluding carboxylic acids is 1. The Kier molecular flexibility index (Phi) is 4.62. The number of fused-ring (bicyclic) bond motifs is 1. The van der Waals surface area contributed by atoms with Crippen LogP contribution in [-0.4, -0.2) is 33.4 Å². The number of amides is 1. The van der Waals surface area contributed by atoms with Crippen LogP contribution < -0.4 is 15.4 Å². The SMILES string of the molecule is CN(C)c1ccc(S(N)(=O)=O)cc1NC(=O)c1ccc2ccccc2n1. The smallest absolute Gasteiger partial charge is 0.274 e. The summed E-state index contributed by atoms with van der Waals surface area (Å²) in [5.74, 6) is -0.439. The van der Waals surface area contributed by atoms with Crippen LogP contribution in [0.15, 0.2) is 59.5 Å². The third-order valence-corrected chi connectivity index (χ3v) is 4.77. The molecule has 3 aromatic rings. The molecular formula is C18H18N4O3S. The monoisotopic (exact) mass is 370 g/mol. The first-order chi connectivity index (χ1) is 12.3. The Hall–Kier alpha value is -2.97. The highest BCUT2D eigenvalue weighted by atomic mass is 32.2. The number of nitrogens with two attached hydrogens (primary N) is 1. The van der Waals surface area contributed by atoms with Crippen LogP contribution in [0.2, 0.25) is 0 Å². The summed E-state index contributed by atoms with van der Waals surface area (Å²) < 4.78 is 23.2. The first-order valence-electron chi connectivity index (χ1n) is 7.77. The molecule has 0 saturated heterocycles. The Balaban J connectivity index is 1.99. The first-order valence-corrected chi connectivity index (χ1v) is 9.31. The van der Waals surface area contributed by atoms with Gasteiger partial charge in [0.15, 0.2) is 0 Å². The Morgan fingerprint density at radius 2 is 1.81 bits per heavy atom. The quantitative estimate of drug-likeness (QED) is 0.732.